The molecular weight excluding hydrogens is 212 g/mol. The molecule has 1 aliphatic heterocycles. The van der Waals surface area contributed by atoms with E-state index < -0.39 is 0 Å². The Balaban J connectivity index is 2.11. The van der Waals surface area contributed by atoms with Crippen molar-refractivity contribution in [3.8, 4) is 0 Å². The maximum absolute atomic E-state index is 4.47. The molecule has 4 nitrogen and oxygen atoms in total. The van der Waals surface area contributed by atoms with Gasteiger partial charge in [-0.05, 0) is 32.0 Å². The molecule has 17 heavy (non-hydrogen) atoms. The van der Waals surface area contributed by atoms with Gasteiger partial charge < -0.3 is 10.2 Å². The number of hydrogen-bond acceptors (Lipinski definition) is 3. The molecule has 1 saturated heterocycles. The van der Waals surface area contributed by atoms with Crippen LogP contribution in [0.5, 0.6) is 0 Å². The van der Waals surface area contributed by atoms with Crippen LogP contribution in [0.4, 0.5) is 5.82 Å². The molecule has 0 amide bonds. The smallest absolute Gasteiger partial charge is 0.138 e. The SMILES string of the molecule is CNCc1cnc2cccc(N3CCCC3)n12. The first kappa shape index (κ1) is 10.6. The zero-order valence-corrected chi connectivity index (χ0v) is 10.2. The van der Waals surface area contributed by atoms with Gasteiger partial charge in [-0.3, -0.25) is 4.40 Å². The van der Waals surface area contributed by atoms with Gasteiger partial charge in [0.15, 0.2) is 0 Å². The predicted molar refractivity (Wildman–Crippen MR) is 69.4 cm³/mol. The molecule has 0 aromatic carbocycles. The van der Waals surface area contributed by atoms with Crippen molar-refractivity contribution in [3.05, 3.63) is 30.1 Å². The zero-order chi connectivity index (χ0) is 11.7. The Morgan fingerprint density at radius 2 is 2.12 bits per heavy atom. The average molecular weight is 230 g/mol. The largest absolute Gasteiger partial charge is 0.358 e. The fourth-order valence-electron chi connectivity index (χ4n) is 2.58. The van der Waals surface area contributed by atoms with Crippen LogP contribution in [0.15, 0.2) is 24.4 Å². The second-order valence-corrected chi connectivity index (χ2v) is 4.55. The lowest BCUT2D eigenvalue weighted by Gasteiger charge is -2.20. The highest BCUT2D eigenvalue weighted by Crippen LogP contribution is 2.22. The first-order valence-electron chi connectivity index (χ1n) is 6.25. The van der Waals surface area contributed by atoms with Gasteiger partial charge in [0, 0.05) is 19.6 Å². The van der Waals surface area contributed by atoms with Crippen LogP contribution in [0, 0.1) is 0 Å². The van der Waals surface area contributed by atoms with Gasteiger partial charge in [-0.2, -0.15) is 0 Å². The highest BCUT2D eigenvalue weighted by Gasteiger charge is 2.16. The average Bonchev–Trinajstić information content (AvgIpc) is 2.98. The molecule has 0 radical (unpaired) electrons. The minimum atomic E-state index is 0.853. The van der Waals surface area contributed by atoms with E-state index in [1.165, 1.54) is 24.4 Å². The minimum absolute atomic E-state index is 0.853. The Bertz CT molecular complexity index is 511. The number of fused-ring (bicyclic) bond motifs is 1. The Morgan fingerprint density at radius 3 is 2.88 bits per heavy atom. The molecular formula is C13H18N4. The molecule has 4 heteroatoms. The second kappa shape index (κ2) is 4.37. The standard InChI is InChI=1S/C13H18N4/c1-14-9-11-10-15-12-5-4-6-13(17(11)12)16-7-2-3-8-16/h4-6,10,14H,2-3,7-9H2,1H3. The van der Waals surface area contributed by atoms with Crippen molar-refractivity contribution in [2.75, 3.05) is 25.0 Å². The van der Waals surface area contributed by atoms with Crippen LogP contribution < -0.4 is 10.2 Å². The van der Waals surface area contributed by atoms with Crippen LogP contribution in [-0.2, 0) is 6.54 Å². The number of rotatable bonds is 3. The van der Waals surface area contributed by atoms with Crippen LogP contribution >= 0.6 is 0 Å². The fourth-order valence-corrected chi connectivity index (χ4v) is 2.58. The number of nitrogens with one attached hydrogen (secondary N) is 1. The van der Waals surface area contributed by atoms with E-state index in [-0.39, 0.29) is 0 Å². The van der Waals surface area contributed by atoms with Gasteiger partial charge in [0.1, 0.15) is 11.5 Å². The molecule has 1 N–H and O–H groups in total. The molecule has 3 heterocycles. The van der Waals surface area contributed by atoms with Gasteiger partial charge >= 0.3 is 0 Å². The van der Waals surface area contributed by atoms with Crippen molar-refractivity contribution in [2.24, 2.45) is 0 Å². The third-order valence-corrected chi connectivity index (χ3v) is 3.37. The predicted octanol–water partition coefficient (Wildman–Crippen LogP) is 1.65. The lowest BCUT2D eigenvalue weighted by atomic mass is 10.4. The first-order valence-corrected chi connectivity index (χ1v) is 6.25. The van der Waals surface area contributed by atoms with Crippen LogP contribution in [0.2, 0.25) is 0 Å². The van der Waals surface area contributed by atoms with E-state index in [4.69, 9.17) is 0 Å². The quantitative estimate of drug-likeness (QED) is 0.870. The van der Waals surface area contributed by atoms with E-state index in [1.54, 1.807) is 0 Å². The van der Waals surface area contributed by atoms with Gasteiger partial charge in [0.25, 0.3) is 0 Å². The van der Waals surface area contributed by atoms with Gasteiger partial charge in [0.2, 0.25) is 0 Å². The third-order valence-electron chi connectivity index (χ3n) is 3.37. The van der Waals surface area contributed by atoms with Gasteiger partial charge in [-0.1, -0.05) is 6.07 Å². The third kappa shape index (κ3) is 1.78. The van der Waals surface area contributed by atoms with E-state index >= 15 is 0 Å². The molecule has 2 aromatic rings. The summed E-state index contributed by atoms with van der Waals surface area (Å²) in [7, 11) is 1.97. The molecule has 90 valence electrons. The van der Waals surface area contributed by atoms with E-state index in [0.717, 1.165) is 25.3 Å². The van der Waals surface area contributed by atoms with Crippen LogP contribution in [0.25, 0.3) is 5.65 Å². The van der Waals surface area contributed by atoms with Crippen molar-refractivity contribution in [1.29, 1.82) is 0 Å². The van der Waals surface area contributed by atoms with Crippen LogP contribution in [-0.4, -0.2) is 29.5 Å². The molecule has 0 atom stereocenters. The van der Waals surface area contributed by atoms with Crippen LogP contribution in [0.3, 0.4) is 0 Å². The topological polar surface area (TPSA) is 32.6 Å². The Kier molecular flexibility index (Phi) is 2.73. The zero-order valence-electron chi connectivity index (χ0n) is 10.2. The monoisotopic (exact) mass is 230 g/mol. The normalized spacial score (nSPS) is 15.9. The molecule has 1 fully saturated rings. The van der Waals surface area contributed by atoms with E-state index in [2.05, 4.69) is 37.8 Å². The Labute approximate surface area is 101 Å². The highest BCUT2D eigenvalue weighted by molar-refractivity contribution is 5.53. The Hall–Kier alpha value is -1.55. The van der Waals surface area contributed by atoms with E-state index in [0.29, 0.717) is 0 Å². The van der Waals surface area contributed by atoms with Crippen molar-refractivity contribution in [3.63, 3.8) is 0 Å². The summed E-state index contributed by atoms with van der Waals surface area (Å²) in [4.78, 5) is 6.92. The van der Waals surface area contributed by atoms with E-state index in [9.17, 15) is 0 Å². The number of pyridine rings is 1. The lowest BCUT2D eigenvalue weighted by molar-refractivity contribution is 0.775. The molecule has 3 rings (SSSR count). The summed E-state index contributed by atoms with van der Waals surface area (Å²) in [6.45, 7) is 3.18. The van der Waals surface area contributed by atoms with Gasteiger partial charge in [0.05, 0.1) is 11.9 Å². The molecule has 0 aliphatic carbocycles. The summed E-state index contributed by atoms with van der Waals surface area (Å²) < 4.78 is 2.27. The van der Waals surface area contributed by atoms with Crippen molar-refractivity contribution in [1.82, 2.24) is 14.7 Å². The number of nitrogens with zero attached hydrogens (tertiary/aromatic N) is 3. The highest BCUT2D eigenvalue weighted by atomic mass is 15.2. The summed E-state index contributed by atoms with van der Waals surface area (Å²) in [5, 5.41) is 3.20. The number of aromatic nitrogens is 2. The minimum Gasteiger partial charge on any atom is -0.358 e. The maximum Gasteiger partial charge on any atom is 0.138 e. The summed E-state index contributed by atoms with van der Waals surface area (Å²) in [5.41, 5.74) is 2.27. The summed E-state index contributed by atoms with van der Waals surface area (Å²) >= 11 is 0. The van der Waals surface area contributed by atoms with Crippen molar-refractivity contribution < 1.29 is 0 Å². The van der Waals surface area contributed by atoms with Crippen molar-refractivity contribution in [2.45, 2.75) is 19.4 Å². The molecule has 0 bridgehead atoms. The summed E-state index contributed by atoms with van der Waals surface area (Å²) in [6.07, 6.45) is 4.56. The molecule has 0 unspecified atom stereocenters. The lowest BCUT2D eigenvalue weighted by Crippen LogP contribution is -2.21. The summed E-state index contributed by atoms with van der Waals surface area (Å²) in [6, 6.07) is 6.36. The van der Waals surface area contributed by atoms with Crippen molar-refractivity contribution >= 4 is 11.5 Å². The number of hydrogen-bond donors (Lipinski definition) is 1. The summed E-state index contributed by atoms with van der Waals surface area (Å²) in [5.74, 6) is 1.28. The molecule has 0 saturated carbocycles. The van der Waals surface area contributed by atoms with Gasteiger partial charge in [-0.15, -0.1) is 0 Å². The second-order valence-electron chi connectivity index (χ2n) is 4.55. The van der Waals surface area contributed by atoms with Gasteiger partial charge in [-0.25, -0.2) is 4.98 Å². The molecule has 1 aliphatic rings. The number of imidazole rings is 1. The first-order chi connectivity index (χ1) is 8.40. The molecule has 2 aromatic heterocycles. The Morgan fingerprint density at radius 1 is 1.29 bits per heavy atom. The van der Waals surface area contributed by atoms with Crippen LogP contribution in [0.1, 0.15) is 18.5 Å². The number of anilines is 1. The fraction of sp³-hybridized carbons (Fsp3) is 0.462. The van der Waals surface area contributed by atoms with E-state index in [1.807, 2.05) is 13.2 Å². The molecule has 0 spiro atoms. The maximum atomic E-state index is 4.47.